The van der Waals surface area contributed by atoms with Gasteiger partial charge in [-0.05, 0) is 12.8 Å². The number of nitrogens with one attached hydrogen (secondary N) is 1. The third kappa shape index (κ3) is 2.29. The van der Waals surface area contributed by atoms with Crippen LogP contribution in [0.1, 0.15) is 25.0 Å². The van der Waals surface area contributed by atoms with Crippen LogP contribution in [0.3, 0.4) is 0 Å². The van der Waals surface area contributed by atoms with E-state index >= 15 is 0 Å². The summed E-state index contributed by atoms with van der Waals surface area (Å²) in [6.07, 6.45) is 6.24. The molecule has 2 fully saturated rings. The van der Waals surface area contributed by atoms with E-state index in [0.29, 0.717) is 18.7 Å². The first kappa shape index (κ1) is 13.4. The van der Waals surface area contributed by atoms with Gasteiger partial charge in [-0.25, -0.2) is 9.97 Å². The van der Waals surface area contributed by atoms with Gasteiger partial charge >= 0.3 is 0 Å². The van der Waals surface area contributed by atoms with Crippen LogP contribution in [0.4, 0.5) is 11.6 Å². The highest BCUT2D eigenvalue weighted by atomic mass is 16.3. The number of hydrogen-bond acceptors (Lipinski definition) is 7. The van der Waals surface area contributed by atoms with Crippen LogP contribution in [0.2, 0.25) is 0 Å². The Kier molecular flexibility index (Phi) is 3.18. The first-order chi connectivity index (χ1) is 10.7. The molecule has 116 valence electrons. The number of rotatable bonds is 3. The lowest BCUT2D eigenvalue weighted by Gasteiger charge is -2.23. The summed E-state index contributed by atoms with van der Waals surface area (Å²) in [5.74, 6) is 1.83. The highest BCUT2D eigenvalue weighted by Gasteiger charge is 2.40. The van der Waals surface area contributed by atoms with Crippen LogP contribution in [-0.2, 0) is 5.60 Å². The first-order valence-electron chi connectivity index (χ1n) is 7.65. The fourth-order valence-corrected chi connectivity index (χ4v) is 3.25. The molecular weight excluding hydrogens is 282 g/mol. The Morgan fingerprint density at radius 1 is 1.09 bits per heavy atom. The molecule has 2 saturated heterocycles. The molecule has 0 aromatic carbocycles. The van der Waals surface area contributed by atoms with Gasteiger partial charge < -0.3 is 14.9 Å². The average molecular weight is 301 g/mol. The molecule has 0 unspecified atom stereocenters. The number of H-pyrrole nitrogens is 1. The SMILES string of the molecule is O[C@@]1(c2cn[nH]n2)CCN(c2cc(N3CCCC3)ncn2)C1. The monoisotopic (exact) mass is 301 g/mol. The summed E-state index contributed by atoms with van der Waals surface area (Å²) < 4.78 is 0. The van der Waals surface area contributed by atoms with Crippen LogP contribution in [-0.4, -0.2) is 56.7 Å². The Labute approximate surface area is 128 Å². The molecular formula is C14H19N7O. The van der Waals surface area contributed by atoms with Gasteiger partial charge in [-0.1, -0.05) is 0 Å². The van der Waals surface area contributed by atoms with Crippen LogP contribution in [0.25, 0.3) is 0 Å². The van der Waals surface area contributed by atoms with Gasteiger partial charge in [0.25, 0.3) is 0 Å². The predicted octanol–water partition coefficient (Wildman–Crippen LogP) is 0.293. The zero-order valence-electron chi connectivity index (χ0n) is 12.3. The maximum atomic E-state index is 10.7. The van der Waals surface area contributed by atoms with Crippen LogP contribution in [0.5, 0.6) is 0 Å². The van der Waals surface area contributed by atoms with Gasteiger partial charge in [0.1, 0.15) is 29.3 Å². The van der Waals surface area contributed by atoms with Gasteiger partial charge in [0.05, 0.1) is 12.7 Å². The van der Waals surface area contributed by atoms with Crippen molar-refractivity contribution >= 4 is 11.6 Å². The van der Waals surface area contributed by atoms with Gasteiger partial charge in [-0.3, -0.25) is 0 Å². The van der Waals surface area contributed by atoms with Crippen LogP contribution in [0, 0.1) is 0 Å². The number of hydrogen-bond donors (Lipinski definition) is 2. The predicted molar refractivity (Wildman–Crippen MR) is 80.6 cm³/mol. The van der Waals surface area contributed by atoms with Gasteiger partial charge in [0.2, 0.25) is 0 Å². The van der Waals surface area contributed by atoms with Gasteiger partial charge in [0.15, 0.2) is 0 Å². The Balaban J connectivity index is 1.54. The second-order valence-corrected chi connectivity index (χ2v) is 5.99. The molecule has 2 aromatic rings. The molecule has 1 atom stereocenters. The summed E-state index contributed by atoms with van der Waals surface area (Å²) in [5.41, 5.74) is -0.380. The zero-order valence-corrected chi connectivity index (χ0v) is 12.3. The van der Waals surface area contributed by atoms with Crippen molar-refractivity contribution in [3.63, 3.8) is 0 Å². The van der Waals surface area contributed by atoms with E-state index in [4.69, 9.17) is 0 Å². The quantitative estimate of drug-likeness (QED) is 0.841. The standard InChI is InChI=1S/C14H19N7O/c22-14(11-8-17-19-18-11)3-6-21(9-14)13-7-12(15-10-16-13)20-4-1-2-5-20/h7-8,10,22H,1-6,9H2,(H,17,18,19)/t14-/m0/s1. The fraction of sp³-hybridized carbons (Fsp3) is 0.571. The summed E-state index contributed by atoms with van der Waals surface area (Å²) in [6, 6.07) is 2.01. The van der Waals surface area contributed by atoms with Crippen LogP contribution < -0.4 is 9.80 Å². The van der Waals surface area contributed by atoms with E-state index in [1.165, 1.54) is 12.8 Å². The average Bonchev–Trinajstić information content (AvgIpc) is 3.29. The maximum Gasteiger partial charge on any atom is 0.134 e. The van der Waals surface area contributed by atoms with Crippen LogP contribution >= 0.6 is 0 Å². The maximum absolute atomic E-state index is 10.7. The highest BCUT2D eigenvalue weighted by Crippen LogP contribution is 2.33. The molecule has 0 saturated carbocycles. The molecule has 0 spiro atoms. The van der Waals surface area contributed by atoms with E-state index in [1.54, 1.807) is 12.5 Å². The molecule has 8 heteroatoms. The van der Waals surface area contributed by atoms with Crippen molar-refractivity contribution in [3.05, 3.63) is 24.3 Å². The van der Waals surface area contributed by atoms with Crippen LogP contribution in [0.15, 0.2) is 18.6 Å². The summed E-state index contributed by atoms with van der Waals surface area (Å²) in [4.78, 5) is 13.1. The van der Waals surface area contributed by atoms with Crippen molar-refractivity contribution < 1.29 is 5.11 Å². The number of β-amino-alcohol motifs (C(OH)–C–C–N with tert-alkyl or cyclic N) is 1. The van der Waals surface area contributed by atoms with Crippen molar-refractivity contribution in [2.24, 2.45) is 0 Å². The molecule has 2 aliphatic rings. The minimum atomic E-state index is -0.967. The number of aliphatic hydroxyl groups is 1. The largest absolute Gasteiger partial charge is 0.381 e. The fourth-order valence-electron chi connectivity index (χ4n) is 3.25. The summed E-state index contributed by atoms with van der Waals surface area (Å²) in [6.45, 7) is 3.31. The number of anilines is 2. The second kappa shape index (κ2) is 5.20. The molecule has 0 bridgehead atoms. The van der Waals surface area contributed by atoms with E-state index in [2.05, 4.69) is 35.2 Å². The first-order valence-corrected chi connectivity index (χ1v) is 7.65. The summed E-state index contributed by atoms with van der Waals surface area (Å²) >= 11 is 0. The normalized spacial score (nSPS) is 25.1. The Morgan fingerprint density at radius 2 is 1.86 bits per heavy atom. The van der Waals surface area contributed by atoms with Gasteiger partial charge in [-0.15, -0.1) is 0 Å². The Hall–Kier alpha value is -2.22. The summed E-state index contributed by atoms with van der Waals surface area (Å²) in [7, 11) is 0. The molecule has 0 aliphatic carbocycles. The van der Waals surface area contributed by atoms with Crippen molar-refractivity contribution in [1.82, 2.24) is 25.4 Å². The lowest BCUT2D eigenvalue weighted by molar-refractivity contribution is 0.0559. The smallest absolute Gasteiger partial charge is 0.134 e. The molecule has 4 heterocycles. The van der Waals surface area contributed by atoms with E-state index < -0.39 is 5.60 Å². The lowest BCUT2D eigenvalue weighted by Crippen LogP contribution is -2.31. The van der Waals surface area contributed by atoms with Gasteiger partial charge in [-0.2, -0.15) is 15.4 Å². The minimum Gasteiger partial charge on any atom is -0.381 e. The number of nitrogens with zero attached hydrogens (tertiary/aromatic N) is 6. The lowest BCUT2D eigenvalue weighted by atomic mass is 10.0. The van der Waals surface area contributed by atoms with E-state index in [9.17, 15) is 5.11 Å². The topological polar surface area (TPSA) is 94.1 Å². The summed E-state index contributed by atoms with van der Waals surface area (Å²) in [5, 5.41) is 21.1. The molecule has 8 nitrogen and oxygen atoms in total. The minimum absolute atomic E-state index is 0.468. The molecule has 0 amide bonds. The number of aromatic nitrogens is 5. The van der Waals surface area contributed by atoms with Gasteiger partial charge in [0, 0.05) is 32.1 Å². The Morgan fingerprint density at radius 3 is 2.59 bits per heavy atom. The highest BCUT2D eigenvalue weighted by molar-refractivity contribution is 5.51. The van der Waals surface area contributed by atoms with Crippen molar-refractivity contribution in [1.29, 1.82) is 0 Å². The molecule has 22 heavy (non-hydrogen) atoms. The van der Waals surface area contributed by atoms with Crippen molar-refractivity contribution in [2.75, 3.05) is 36.0 Å². The molecule has 2 aromatic heterocycles. The third-order valence-corrected chi connectivity index (χ3v) is 4.53. The van der Waals surface area contributed by atoms with E-state index in [0.717, 1.165) is 31.3 Å². The molecule has 2 aliphatic heterocycles. The zero-order chi connectivity index (χ0) is 15.0. The van der Waals surface area contributed by atoms with E-state index in [-0.39, 0.29) is 0 Å². The third-order valence-electron chi connectivity index (χ3n) is 4.53. The van der Waals surface area contributed by atoms with E-state index in [1.807, 2.05) is 6.07 Å². The Bertz CT molecular complexity index is 640. The number of aromatic amines is 1. The molecule has 4 rings (SSSR count). The van der Waals surface area contributed by atoms with Crippen molar-refractivity contribution in [3.8, 4) is 0 Å². The molecule has 2 N–H and O–H groups in total. The van der Waals surface area contributed by atoms with Crippen molar-refractivity contribution in [2.45, 2.75) is 24.9 Å². The molecule has 0 radical (unpaired) electrons. The second-order valence-electron chi connectivity index (χ2n) is 5.99.